The second-order valence-electron chi connectivity index (χ2n) is 8.85. The van der Waals surface area contributed by atoms with E-state index in [1.165, 1.54) is 66.6 Å². The summed E-state index contributed by atoms with van der Waals surface area (Å²) in [6.45, 7) is 0. The lowest BCUT2D eigenvalue weighted by molar-refractivity contribution is 0.0438. The van der Waals surface area contributed by atoms with Gasteiger partial charge in [0.1, 0.15) is 0 Å². The molecule has 0 nitrogen and oxygen atoms in total. The number of rotatable bonds is 4. The Balaban J connectivity index is 1.34. The predicted molar refractivity (Wildman–Crippen MR) is 86.8 cm³/mol. The molecule has 1 heteroatoms. The Kier molecular flexibility index (Phi) is 3.00. The Labute approximate surface area is 129 Å². The van der Waals surface area contributed by atoms with Gasteiger partial charge in [-0.3, -0.25) is 0 Å². The van der Waals surface area contributed by atoms with E-state index in [-0.39, 0.29) is 0 Å². The van der Waals surface area contributed by atoms with Gasteiger partial charge in [-0.05, 0) is 97.5 Å². The van der Waals surface area contributed by atoms with Gasteiger partial charge < -0.3 is 0 Å². The Hall–Kier alpha value is 0.350. The number of unbranched alkanes of at least 4 members (excludes halogenated alkanes) is 1. The summed E-state index contributed by atoms with van der Waals surface area (Å²) in [5, 5.41) is 0. The number of thiol groups is 1. The minimum absolute atomic E-state index is 1.10. The second-order valence-corrected chi connectivity index (χ2v) is 9.30. The van der Waals surface area contributed by atoms with Crippen molar-refractivity contribution in [2.75, 3.05) is 5.75 Å². The van der Waals surface area contributed by atoms with Gasteiger partial charge in [0.2, 0.25) is 0 Å². The van der Waals surface area contributed by atoms with Crippen LogP contribution in [0.4, 0.5) is 0 Å². The maximum Gasteiger partial charge on any atom is -0.00979 e. The number of fused-ring (bicyclic) bond motifs is 12. The highest BCUT2D eigenvalue weighted by atomic mass is 32.1. The molecular weight excluding hydrogens is 260 g/mol. The van der Waals surface area contributed by atoms with E-state index in [2.05, 4.69) is 12.6 Å². The van der Waals surface area contributed by atoms with E-state index in [0.29, 0.717) is 0 Å². The van der Waals surface area contributed by atoms with Gasteiger partial charge in [0.15, 0.2) is 0 Å². The van der Waals surface area contributed by atoms with E-state index in [9.17, 15) is 0 Å². The van der Waals surface area contributed by atoms with Crippen LogP contribution in [-0.4, -0.2) is 5.75 Å². The van der Waals surface area contributed by atoms with E-state index in [1.54, 1.807) is 38.5 Å². The SMILES string of the molecule is SCCCCC1CC2CC1C1C3CC(C4CCCC43)C21. The Morgan fingerprint density at radius 2 is 1.55 bits per heavy atom. The van der Waals surface area contributed by atoms with Crippen molar-refractivity contribution in [3.05, 3.63) is 0 Å². The van der Waals surface area contributed by atoms with Crippen LogP contribution in [0.15, 0.2) is 0 Å². The van der Waals surface area contributed by atoms with Crippen molar-refractivity contribution in [2.24, 2.45) is 53.3 Å². The highest BCUT2D eigenvalue weighted by Crippen LogP contribution is 2.74. The van der Waals surface area contributed by atoms with Crippen LogP contribution in [-0.2, 0) is 0 Å². The average Bonchev–Trinajstić information content (AvgIpc) is 3.20. The van der Waals surface area contributed by atoms with Gasteiger partial charge in [-0.2, -0.15) is 12.6 Å². The molecule has 0 N–H and O–H groups in total. The Morgan fingerprint density at radius 1 is 0.750 bits per heavy atom. The fourth-order valence-corrected chi connectivity index (χ4v) is 8.53. The van der Waals surface area contributed by atoms with Gasteiger partial charge in [0.25, 0.3) is 0 Å². The van der Waals surface area contributed by atoms with Crippen molar-refractivity contribution in [1.29, 1.82) is 0 Å². The van der Waals surface area contributed by atoms with E-state index in [4.69, 9.17) is 0 Å². The quantitative estimate of drug-likeness (QED) is 0.418. The van der Waals surface area contributed by atoms with Crippen LogP contribution in [0.2, 0.25) is 0 Å². The summed E-state index contributed by atoms with van der Waals surface area (Å²) in [5.41, 5.74) is 0. The first-order chi connectivity index (χ1) is 9.88. The van der Waals surface area contributed by atoms with Crippen LogP contribution in [0.1, 0.15) is 57.8 Å². The lowest BCUT2D eigenvalue weighted by Crippen LogP contribution is -2.38. The van der Waals surface area contributed by atoms with Gasteiger partial charge in [-0.15, -0.1) is 0 Å². The van der Waals surface area contributed by atoms with Crippen molar-refractivity contribution in [3.63, 3.8) is 0 Å². The van der Waals surface area contributed by atoms with E-state index >= 15 is 0 Å². The molecule has 5 fully saturated rings. The number of hydrogen-bond acceptors (Lipinski definition) is 1. The fraction of sp³-hybridized carbons (Fsp3) is 1.00. The monoisotopic (exact) mass is 290 g/mol. The molecule has 0 aromatic carbocycles. The van der Waals surface area contributed by atoms with Gasteiger partial charge in [0.05, 0.1) is 0 Å². The van der Waals surface area contributed by atoms with Crippen LogP contribution in [0.25, 0.3) is 0 Å². The fourth-order valence-electron chi connectivity index (χ4n) is 8.31. The summed E-state index contributed by atoms with van der Waals surface area (Å²) >= 11 is 4.39. The molecule has 5 aliphatic carbocycles. The molecule has 5 rings (SSSR count). The third-order valence-electron chi connectivity index (χ3n) is 8.51. The summed E-state index contributed by atoms with van der Waals surface area (Å²) in [6, 6.07) is 0. The summed E-state index contributed by atoms with van der Waals surface area (Å²) in [6.07, 6.45) is 14.1. The van der Waals surface area contributed by atoms with Crippen molar-refractivity contribution < 1.29 is 0 Å². The molecule has 0 amide bonds. The molecule has 0 heterocycles. The minimum Gasteiger partial charge on any atom is -0.179 e. The Morgan fingerprint density at radius 3 is 2.35 bits per heavy atom. The van der Waals surface area contributed by atoms with Crippen LogP contribution in [0, 0.1) is 53.3 Å². The largest absolute Gasteiger partial charge is 0.179 e. The van der Waals surface area contributed by atoms with Gasteiger partial charge in [0, 0.05) is 0 Å². The van der Waals surface area contributed by atoms with Gasteiger partial charge in [-0.1, -0.05) is 19.3 Å². The zero-order valence-corrected chi connectivity index (χ0v) is 13.6. The third kappa shape index (κ3) is 1.57. The van der Waals surface area contributed by atoms with E-state index in [0.717, 1.165) is 11.7 Å². The molecule has 5 aliphatic rings. The lowest BCUT2D eigenvalue weighted by atomic mass is 9.61. The van der Waals surface area contributed by atoms with E-state index < -0.39 is 0 Å². The molecule has 5 saturated carbocycles. The zero-order valence-electron chi connectivity index (χ0n) is 12.7. The predicted octanol–water partition coefficient (Wildman–Crippen LogP) is 5.04. The van der Waals surface area contributed by atoms with Crippen LogP contribution >= 0.6 is 12.6 Å². The summed E-state index contributed by atoms with van der Waals surface area (Å²) in [4.78, 5) is 0. The maximum atomic E-state index is 4.39. The van der Waals surface area contributed by atoms with Crippen molar-refractivity contribution in [3.8, 4) is 0 Å². The molecule has 0 spiro atoms. The zero-order chi connectivity index (χ0) is 13.3. The second kappa shape index (κ2) is 4.67. The molecule has 0 aliphatic heterocycles. The molecule has 9 atom stereocenters. The van der Waals surface area contributed by atoms with Gasteiger partial charge >= 0.3 is 0 Å². The first-order valence-electron chi connectivity index (χ1n) is 9.49. The van der Waals surface area contributed by atoms with Crippen LogP contribution in [0.5, 0.6) is 0 Å². The summed E-state index contributed by atoms with van der Waals surface area (Å²) in [5.74, 6) is 11.8. The summed E-state index contributed by atoms with van der Waals surface area (Å²) in [7, 11) is 0. The van der Waals surface area contributed by atoms with Crippen LogP contribution < -0.4 is 0 Å². The highest BCUT2D eigenvalue weighted by Gasteiger charge is 2.67. The van der Waals surface area contributed by atoms with E-state index in [1.807, 2.05) is 0 Å². The molecule has 0 aromatic rings. The summed E-state index contributed by atoms with van der Waals surface area (Å²) < 4.78 is 0. The van der Waals surface area contributed by atoms with Crippen molar-refractivity contribution in [2.45, 2.75) is 57.8 Å². The molecule has 112 valence electrons. The normalized spacial score (nSPS) is 58.4. The molecule has 20 heavy (non-hydrogen) atoms. The smallest absolute Gasteiger partial charge is 0.00979 e. The first-order valence-corrected chi connectivity index (χ1v) is 10.1. The number of hydrogen-bond donors (Lipinski definition) is 1. The van der Waals surface area contributed by atoms with Crippen molar-refractivity contribution >= 4 is 12.6 Å². The Bertz CT molecular complexity index is 391. The first kappa shape index (κ1) is 12.9. The maximum absolute atomic E-state index is 4.39. The molecular formula is C19H30S. The van der Waals surface area contributed by atoms with Crippen LogP contribution in [0.3, 0.4) is 0 Å². The average molecular weight is 291 g/mol. The minimum atomic E-state index is 1.10. The third-order valence-corrected chi connectivity index (χ3v) is 8.83. The molecule has 0 aromatic heterocycles. The van der Waals surface area contributed by atoms with Gasteiger partial charge in [-0.25, -0.2) is 0 Å². The lowest BCUT2D eigenvalue weighted by Gasteiger charge is -2.43. The molecule has 0 saturated heterocycles. The standard InChI is InChI=1S/C19H30S/c20-7-2-1-4-11-8-12-9-15(11)19-17-10-16(18(12)19)13-5-3-6-14(13)17/h11-20H,1-10H2. The molecule has 9 unspecified atom stereocenters. The highest BCUT2D eigenvalue weighted by molar-refractivity contribution is 7.80. The van der Waals surface area contributed by atoms with Crippen molar-refractivity contribution in [1.82, 2.24) is 0 Å². The molecule has 4 bridgehead atoms. The molecule has 0 radical (unpaired) electrons. The topological polar surface area (TPSA) is 0 Å².